The van der Waals surface area contributed by atoms with Crippen LogP contribution in [0.4, 0.5) is 10.1 Å². The number of fused-ring (bicyclic) bond motifs is 1. The molecular formula is C41H48Cl2FN3O5. The molecule has 2 amide bonds. The Labute approximate surface area is 317 Å². The first kappa shape index (κ1) is 40.6. The summed E-state index contributed by atoms with van der Waals surface area (Å²) in [5.74, 6) is -0.228. The minimum absolute atomic E-state index is 0. The van der Waals surface area contributed by atoms with Gasteiger partial charge in [-0.2, -0.15) is 0 Å². The number of ether oxygens (including phenoxy) is 3. The lowest BCUT2D eigenvalue weighted by Crippen LogP contribution is -2.45. The molecule has 8 nitrogen and oxygen atoms in total. The third-order valence-corrected chi connectivity index (χ3v) is 8.76. The van der Waals surface area contributed by atoms with Crippen LogP contribution in [0.1, 0.15) is 62.0 Å². The molecule has 5 rings (SSSR count). The highest BCUT2D eigenvalue weighted by atomic mass is 35.5. The number of carbonyl (C=O) groups is 2. The summed E-state index contributed by atoms with van der Waals surface area (Å²) in [6.07, 6.45) is -0.549. The van der Waals surface area contributed by atoms with Crippen molar-refractivity contribution in [1.29, 1.82) is 0 Å². The Hall–Kier alpha value is -4.15. The van der Waals surface area contributed by atoms with Gasteiger partial charge in [-0.15, -0.1) is 12.4 Å². The summed E-state index contributed by atoms with van der Waals surface area (Å²) in [5, 5.41) is 6.70. The Kier molecular flexibility index (Phi) is 14.9. The van der Waals surface area contributed by atoms with E-state index in [1.807, 2.05) is 63.2 Å². The van der Waals surface area contributed by atoms with E-state index in [4.69, 9.17) is 25.8 Å². The zero-order valence-corrected chi connectivity index (χ0v) is 31.7. The zero-order valence-electron chi connectivity index (χ0n) is 30.1. The van der Waals surface area contributed by atoms with E-state index in [0.717, 1.165) is 25.9 Å². The number of methoxy groups -OCH3 is 1. The van der Waals surface area contributed by atoms with Crippen LogP contribution in [0.15, 0.2) is 91.0 Å². The summed E-state index contributed by atoms with van der Waals surface area (Å²) in [7, 11) is 1.57. The average molecular weight is 753 g/mol. The SMILES string of the molecule is COc1c(OCCCNCCc2ccccc2)cccc1C1OC(CC(=O)NCc2ccccc2F)C(=O)N(CC(C)(C)C)c2ccc(Cl)cc21.Cl. The van der Waals surface area contributed by atoms with E-state index >= 15 is 0 Å². The van der Waals surface area contributed by atoms with Crippen LogP contribution in [-0.2, 0) is 27.3 Å². The topological polar surface area (TPSA) is 89.1 Å². The third kappa shape index (κ3) is 10.9. The zero-order chi connectivity index (χ0) is 36.4. The minimum atomic E-state index is -1.17. The first-order valence-corrected chi connectivity index (χ1v) is 17.7. The average Bonchev–Trinajstić information content (AvgIpc) is 3.21. The monoisotopic (exact) mass is 751 g/mol. The van der Waals surface area contributed by atoms with Crippen molar-refractivity contribution in [1.82, 2.24) is 10.6 Å². The van der Waals surface area contributed by atoms with Gasteiger partial charge in [0.15, 0.2) is 11.5 Å². The Bertz CT molecular complexity index is 1790. The van der Waals surface area contributed by atoms with Crippen LogP contribution in [0, 0.1) is 11.2 Å². The van der Waals surface area contributed by atoms with Crippen molar-refractivity contribution in [3.63, 3.8) is 0 Å². The Morgan fingerprint density at radius 3 is 2.44 bits per heavy atom. The first-order valence-electron chi connectivity index (χ1n) is 17.3. The normalized spacial score (nSPS) is 15.7. The fourth-order valence-corrected chi connectivity index (χ4v) is 6.29. The summed E-state index contributed by atoms with van der Waals surface area (Å²) in [6, 6.07) is 27.5. The number of rotatable bonds is 15. The summed E-state index contributed by atoms with van der Waals surface area (Å²) < 4.78 is 33.1. The van der Waals surface area contributed by atoms with Crippen molar-refractivity contribution in [2.45, 2.75) is 58.8 Å². The van der Waals surface area contributed by atoms with Gasteiger partial charge in [0.2, 0.25) is 5.91 Å². The van der Waals surface area contributed by atoms with Crippen molar-refractivity contribution >= 4 is 41.5 Å². The van der Waals surface area contributed by atoms with E-state index in [1.54, 1.807) is 42.3 Å². The van der Waals surface area contributed by atoms with E-state index in [9.17, 15) is 14.0 Å². The fourth-order valence-electron chi connectivity index (χ4n) is 6.11. The van der Waals surface area contributed by atoms with Gasteiger partial charge in [0, 0.05) is 40.5 Å². The Morgan fingerprint density at radius 1 is 0.962 bits per heavy atom. The Morgan fingerprint density at radius 2 is 1.71 bits per heavy atom. The smallest absolute Gasteiger partial charge is 0.256 e. The predicted octanol–water partition coefficient (Wildman–Crippen LogP) is 8.08. The molecule has 1 aliphatic heterocycles. The molecular weight excluding hydrogens is 704 g/mol. The van der Waals surface area contributed by atoms with Crippen LogP contribution in [0.25, 0.3) is 0 Å². The van der Waals surface area contributed by atoms with Crippen LogP contribution in [0.2, 0.25) is 5.02 Å². The number of carbonyl (C=O) groups excluding carboxylic acids is 2. The van der Waals surface area contributed by atoms with Crippen LogP contribution < -0.4 is 25.0 Å². The van der Waals surface area contributed by atoms with Crippen LogP contribution in [-0.4, -0.2) is 51.3 Å². The molecule has 1 aliphatic rings. The van der Waals surface area contributed by atoms with Gasteiger partial charge in [-0.1, -0.05) is 93.0 Å². The molecule has 4 aromatic rings. The molecule has 0 bridgehead atoms. The second-order valence-electron chi connectivity index (χ2n) is 13.8. The van der Waals surface area contributed by atoms with E-state index in [-0.39, 0.29) is 36.7 Å². The number of nitrogens with zero attached hydrogens (tertiary/aromatic N) is 1. The number of para-hydroxylation sites is 1. The van der Waals surface area contributed by atoms with Crippen molar-refractivity contribution in [3.05, 3.63) is 124 Å². The molecule has 2 N–H and O–H groups in total. The molecule has 0 radical (unpaired) electrons. The molecule has 0 saturated heterocycles. The maximum Gasteiger partial charge on any atom is 0.256 e. The molecule has 0 aromatic heterocycles. The van der Waals surface area contributed by atoms with Gasteiger partial charge in [-0.3, -0.25) is 9.59 Å². The third-order valence-electron chi connectivity index (χ3n) is 8.53. The maximum absolute atomic E-state index is 14.3. The van der Waals surface area contributed by atoms with Crippen molar-refractivity contribution < 1.29 is 28.2 Å². The van der Waals surface area contributed by atoms with E-state index in [1.165, 1.54) is 11.6 Å². The summed E-state index contributed by atoms with van der Waals surface area (Å²) in [4.78, 5) is 29.3. The van der Waals surface area contributed by atoms with Crippen molar-refractivity contribution in [2.75, 3.05) is 38.3 Å². The molecule has 278 valence electrons. The summed E-state index contributed by atoms with van der Waals surface area (Å²) in [5.41, 5.74) is 3.27. The lowest BCUT2D eigenvalue weighted by atomic mass is 9.94. The van der Waals surface area contributed by atoms with E-state index in [0.29, 0.717) is 52.1 Å². The fraction of sp³-hybridized carbons (Fsp3) is 0.366. The van der Waals surface area contributed by atoms with Crippen molar-refractivity contribution in [3.8, 4) is 11.5 Å². The quantitative estimate of drug-likeness (QED) is 0.120. The molecule has 0 aliphatic carbocycles. The molecule has 2 unspecified atom stereocenters. The number of hydrogen-bond donors (Lipinski definition) is 2. The molecule has 11 heteroatoms. The van der Waals surface area contributed by atoms with Gasteiger partial charge < -0.3 is 29.7 Å². The van der Waals surface area contributed by atoms with Crippen LogP contribution in [0.3, 0.4) is 0 Å². The number of amides is 2. The minimum Gasteiger partial charge on any atom is -0.492 e. The van der Waals surface area contributed by atoms with Gasteiger partial charge in [0.05, 0.1) is 20.1 Å². The molecule has 4 aromatic carbocycles. The van der Waals surface area contributed by atoms with Gasteiger partial charge in [-0.25, -0.2) is 4.39 Å². The van der Waals surface area contributed by atoms with E-state index < -0.39 is 23.9 Å². The molecule has 0 saturated carbocycles. The highest BCUT2D eigenvalue weighted by Crippen LogP contribution is 2.45. The first-order chi connectivity index (χ1) is 24.5. The molecule has 1 heterocycles. The number of nitrogens with one attached hydrogen (secondary N) is 2. The molecule has 0 spiro atoms. The predicted molar refractivity (Wildman–Crippen MR) is 206 cm³/mol. The molecule has 52 heavy (non-hydrogen) atoms. The summed E-state index contributed by atoms with van der Waals surface area (Å²) in [6.45, 7) is 8.58. The Balaban J connectivity index is 0.00000605. The highest BCUT2D eigenvalue weighted by Gasteiger charge is 2.40. The second-order valence-corrected chi connectivity index (χ2v) is 14.3. The van der Waals surface area contributed by atoms with E-state index in [2.05, 4.69) is 22.8 Å². The van der Waals surface area contributed by atoms with Crippen molar-refractivity contribution in [2.24, 2.45) is 5.41 Å². The van der Waals surface area contributed by atoms with Crippen LogP contribution >= 0.6 is 24.0 Å². The highest BCUT2D eigenvalue weighted by molar-refractivity contribution is 6.30. The van der Waals surface area contributed by atoms with Gasteiger partial charge in [0.1, 0.15) is 18.0 Å². The lowest BCUT2D eigenvalue weighted by Gasteiger charge is -2.31. The number of benzene rings is 4. The lowest BCUT2D eigenvalue weighted by molar-refractivity contribution is -0.138. The molecule has 2 atom stereocenters. The molecule has 0 fully saturated rings. The number of halogens is 3. The second kappa shape index (κ2) is 19.1. The number of anilines is 1. The van der Waals surface area contributed by atoms with Crippen LogP contribution in [0.5, 0.6) is 11.5 Å². The van der Waals surface area contributed by atoms with Gasteiger partial charge >= 0.3 is 0 Å². The largest absolute Gasteiger partial charge is 0.492 e. The maximum atomic E-state index is 14.3. The standard InChI is InChI=1S/C41H47ClFN3O5.ClH/c1-41(2,3)27-46-34-19-18-30(42)24-32(34)38(51-36(40(46)48)25-37(47)45-26-29-14-8-9-16-33(29)43)31-15-10-17-35(39(31)49-4)50-23-11-21-44-22-20-28-12-6-5-7-13-28;/h5-10,12-19,24,36,38,44H,11,20-23,25-27H2,1-4H3,(H,45,47);1H. The summed E-state index contributed by atoms with van der Waals surface area (Å²) >= 11 is 6.58. The number of hydrogen-bond acceptors (Lipinski definition) is 6. The van der Waals surface area contributed by atoms with Gasteiger partial charge in [-0.05, 0) is 67.2 Å². The van der Waals surface area contributed by atoms with Gasteiger partial charge in [0.25, 0.3) is 5.91 Å².